The molecule has 0 radical (unpaired) electrons. The van der Waals surface area contributed by atoms with Crippen LogP contribution in [0.3, 0.4) is 0 Å². The van der Waals surface area contributed by atoms with E-state index in [-0.39, 0.29) is 5.78 Å². The van der Waals surface area contributed by atoms with Gasteiger partial charge >= 0.3 is 0 Å². The number of carbonyl (C=O) groups is 1. The van der Waals surface area contributed by atoms with Crippen LogP contribution in [0.4, 0.5) is 0 Å². The van der Waals surface area contributed by atoms with Gasteiger partial charge in [0.25, 0.3) is 0 Å². The molecule has 0 amide bonds. The molecule has 3 heteroatoms. The average Bonchev–Trinajstić information content (AvgIpc) is 2.27. The number of hydrogen-bond acceptors (Lipinski definition) is 3. The largest absolute Gasteiger partial charge is 0.295 e. The molecule has 0 fully saturated rings. The third kappa shape index (κ3) is 3.88. The molecule has 0 aliphatic carbocycles. The van der Waals surface area contributed by atoms with E-state index in [4.69, 9.17) is 0 Å². The first-order valence-corrected chi connectivity index (χ1v) is 6.19. The SMILES string of the molecule is CCCC(=O)/C=C(/SC)c1cccnc1. The zero-order chi connectivity index (χ0) is 11.1. The van der Waals surface area contributed by atoms with Crippen molar-refractivity contribution in [2.45, 2.75) is 19.8 Å². The summed E-state index contributed by atoms with van der Waals surface area (Å²) in [6.07, 6.45) is 8.70. The van der Waals surface area contributed by atoms with E-state index in [9.17, 15) is 4.79 Å². The summed E-state index contributed by atoms with van der Waals surface area (Å²) in [5, 5.41) is 0. The molecule has 1 rings (SSSR count). The lowest BCUT2D eigenvalue weighted by Gasteiger charge is -2.02. The fourth-order valence-electron chi connectivity index (χ4n) is 1.23. The molecule has 80 valence electrons. The molecule has 1 aromatic heterocycles. The third-order valence-corrected chi connectivity index (χ3v) is 2.75. The molecular formula is C12H15NOS. The van der Waals surface area contributed by atoms with Crippen LogP contribution in [-0.4, -0.2) is 17.0 Å². The number of ketones is 1. The monoisotopic (exact) mass is 221 g/mol. The van der Waals surface area contributed by atoms with Crippen LogP contribution in [0.1, 0.15) is 25.3 Å². The number of rotatable bonds is 5. The van der Waals surface area contributed by atoms with Gasteiger partial charge in [-0.25, -0.2) is 0 Å². The summed E-state index contributed by atoms with van der Waals surface area (Å²) in [4.78, 5) is 16.5. The highest BCUT2D eigenvalue weighted by atomic mass is 32.2. The van der Waals surface area contributed by atoms with E-state index < -0.39 is 0 Å². The summed E-state index contributed by atoms with van der Waals surface area (Å²) in [5.74, 6) is 0.186. The van der Waals surface area contributed by atoms with Gasteiger partial charge in [-0.2, -0.15) is 0 Å². The fourth-order valence-corrected chi connectivity index (χ4v) is 1.84. The highest BCUT2D eigenvalue weighted by Gasteiger charge is 2.03. The van der Waals surface area contributed by atoms with Crippen LogP contribution in [0.25, 0.3) is 4.91 Å². The van der Waals surface area contributed by atoms with Gasteiger partial charge in [0.1, 0.15) is 0 Å². The van der Waals surface area contributed by atoms with Gasteiger partial charge in [-0.15, -0.1) is 11.8 Å². The zero-order valence-electron chi connectivity index (χ0n) is 9.06. The Morgan fingerprint density at radius 3 is 2.93 bits per heavy atom. The Morgan fingerprint density at radius 1 is 1.60 bits per heavy atom. The van der Waals surface area contributed by atoms with Gasteiger partial charge in [0.15, 0.2) is 5.78 Å². The average molecular weight is 221 g/mol. The lowest BCUT2D eigenvalue weighted by Crippen LogP contribution is -1.93. The number of nitrogens with zero attached hydrogens (tertiary/aromatic N) is 1. The van der Waals surface area contributed by atoms with Gasteiger partial charge in [0.05, 0.1) is 0 Å². The van der Waals surface area contributed by atoms with Crippen molar-refractivity contribution in [3.8, 4) is 0 Å². The molecular weight excluding hydrogens is 206 g/mol. The molecule has 2 nitrogen and oxygen atoms in total. The Kier molecular flexibility index (Phi) is 5.12. The predicted molar refractivity (Wildman–Crippen MR) is 65.6 cm³/mol. The molecule has 0 aliphatic heterocycles. The summed E-state index contributed by atoms with van der Waals surface area (Å²) < 4.78 is 0. The summed E-state index contributed by atoms with van der Waals surface area (Å²) in [6.45, 7) is 2.01. The predicted octanol–water partition coefficient (Wildman–Crippen LogP) is 3.15. The summed E-state index contributed by atoms with van der Waals surface area (Å²) in [6, 6.07) is 3.85. The van der Waals surface area contributed by atoms with E-state index in [0.717, 1.165) is 16.9 Å². The second-order valence-corrected chi connectivity index (χ2v) is 4.02. The van der Waals surface area contributed by atoms with Crippen molar-refractivity contribution in [3.63, 3.8) is 0 Å². The Morgan fingerprint density at radius 2 is 2.40 bits per heavy atom. The van der Waals surface area contributed by atoms with Gasteiger partial charge in [-0.1, -0.05) is 13.0 Å². The van der Waals surface area contributed by atoms with Crippen molar-refractivity contribution in [3.05, 3.63) is 36.2 Å². The first kappa shape index (κ1) is 12.0. The zero-order valence-corrected chi connectivity index (χ0v) is 9.88. The van der Waals surface area contributed by atoms with E-state index in [1.165, 1.54) is 0 Å². The number of pyridine rings is 1. The summed E-state index contributed by atoms with van der Waals surface area (Å²) in [5.41, 5.74) is 1.01. The van der Waals surface area contributed by atoms with Crippen molar-refractivity contribution < 1.29 is 4.79 Å². The molecule has 0 saturated heterocycles. The molecule has 0 unspecified atom stereocenters. The minimum Gasteiger partial charge on any atom is -0.295 e. The van der Waals surface area contributed by atoms with Crippen molar-refractivity contribution in [2.75, 3.05) is 6.26 Å². The molecule has 0 aromatic carbocycles. The van der Waals surface area contributed by atoms with Gasteiger partial charge in [-0.05, 0) is 24.8 Å². The normalized spacial score (nSPS) is 11.5. The lowest BCUT2D eigenvalue weighted by molar-refractivity contribution is -0.114. The van der Waals surface area contributed by atoms with Crippen LogP contribution < -0.4 is 0 Å². The molecule has 1 heterocycles. The van der Waals surface area contributed by atoms with Gasteiger partial charge < -0.3 is 0 Å². The summed E-state index contributed by atoms with van der Waals surface area (Å²) >= 11 is 1.58. The molecule has 0 saturated carbocycles. The maximum absolute atomic E-state index is 11.5. The first-order chi connectivity index (χ1) is 7.27. The number of thioether (sulfide) groups is 1. The molecule has 0 bridgehead atoms. The molecule has 0 atom stereocenters. The minimum absolute atomic E-state index is 0.186. The van der Waals surface area contributed by atoms with Crippen LogP contribution >= 0.6 is 11.8 Å². The van der Waals surface area contributed by atoms with Crippen LogP contribution in [0.2, 0.25) is 0 Å². The fraction of sp³-hybridized carbons (Fsp3) is 0.333. The quantitative estimate of drug-likeness (QED) is 0.715. The second kappa shape index (κ2) is 6.40. The molecule has 0 spiro atoms. The van der Waals surface area contributed by atoms with E-state index in [2.05, 4.69) is 4.98 Å². The smallest absolute Gasteiger partial charge is 0.156 e. The standard InChI is InChI=1S/C12H15NOS/c1-3-5-11(14)8-12(15-2)10-6-4-7-13-9-10/h4,6-9H,3,5H2,1-2H3/b12-8+. The molecule has 15 heavy (non-hydrogen) atoms. The maximum atomic E-state index is 11.5. The van der Waals surface area contributed by atoms with E-state index in [0.29, 0.717) is 6.42 Å². The molecule has 1 aromatic rings. The number of carbonyl (C=O) groups excluding carboxylic acids is 1. The van der Waals surface area contributed by atoms with Crippen LogP contribution in [0, 0.1) is 0 Å². The second-order valence-electron chi connectivity index (χ2n) is 3.17. The number of hydrogen-bond donors (Lipinski definition) is 0. The van der Waals surface area contributed by atoms with Crippen LogP contribution in [0.15, 0.2) is 30.6 Å². The Balaban J connectivity index is 2.84. The first-order valence-electron chi connectivity index (χ1n) is 4.96. The van der Waals surface area contributed by atoms with Crippen molar-refractivity contribution >= 4 is 22.5 Å². The van der Waals surface area contributed by atoms with Gasteiger partial charge in [0.2, 0.25) is 0 Å². The van der Waals surface area contributed by atoms with E-state index in [1.54, 1.807) is 30.2 Å². The number of aromatic nitrogens is 1. The van der Waals surface area contributed by atoms with Crippen molar-refractivity contribution in [1.29, 1.82) is 0 Å². The van der Waals surface area contributed by atoms with Gasteiger partial charge in [0, 0.05) is 29.3 Å². The van der Waals surface area contributed by atoms with Crippen LogP contribution in [0.5, 0.6) is 0 Å². The Labute approximate surface area is 94.8 Å². The van der Waals surface area contributed by atoms with Gasteiger partial charge in [-0.3, -0.25) is 9.78 Å². The van der Waals surface area contributed by atoms with Crippen molar-refractivity contribution in [2.24, 2.45) is 0 Å². The summed E-state index contributed by atoms with van der Waals surface area (Å²) in [7, 11) is 0. The highest BCUT2D eigenvalue weighted by Crippen LogP contribution is 2.24. The molecule has 0 N–H and O–H groups in total. The Hall–Kier alpha value is -1.09. The topological polar surface area (TPSA) is 30.0 Å². The van der Waals surface area contributed by atoms with Crippen molar-refractivity contribution in [1.82, 2.24) is 4.98 Å². The number of allylic oxidation sites excluding steroid dienone is 1. The van der Waals surface area contributed by atoms with Crippen LogP contribution in [-0.2, 0) is 4.79 Å². The molecule has 0 aliphatic rings. The Bertz CT molecular complexity index is 346. The minimum atomic E-state index is 0.186. The lowest BCUT2D eigenvalue weighted by atomic mass is 10.2. The maximum Gasteiger partial charge on any atom is 0.156 e. The van der Waals surface area contributed by atoms with E-state index in [1.807, 2.05) is 25.3 Å². The van der Waals surface area contributed by atoms with E-state index >= 15 is 0 Å². The third-order valence-electron chi connectivity index (χ3n) is 1.95. The highest BCUT2D eigenvalue weighted by molar-refractivity contribution is 8.07.